The van der Waals surface area contributed by atoms with Gasteiger partial charge in [0.25, 0.3) is 0 Å². The van der Waals surface area contributed by atoms with E-state index >= 15 is 0 Å². The number of nitrogens with one attached hydrogen (secondary N) is 1. The van der Waals surface area contributed by atoms with Gasteiger partial charge in [-0.15, -0.1) is 16.9 Å². The molecule has 0 heterocycles. The molecule has 2 N–H and O–H groups in total. The Labute approximate surface area is 145 Å². The molecule has 0 spiro atoms. The molecule has 0 fully saturated rings. The second-order valence-electron chi connectivity index (χ2n) is 5.12. The minimum Gasteiger partial charge on any atom is -0.508 e. The Morgan fingerprint density at radius 3 is 2.50 bits per heavy atom. The number of carbonyl (C=O) groups is 1. The number of rotatable bonds is 6. The van der Waals surface area contributed by atoms with Crippen molar-refractivity contribution in [3.63, 3.8) is 0 Å². The molecule has 0 bridgehead atoms. The van der Waals surface area contributed by atoms with E-state index in [0.717, 1.165) is 16.2 Å². The topological polar surface area (TPSA) is 77.3 Å². The van der Waals surface area contributed by atoms with Crippen molar-refractivity contribution in [3.8, 4) is 5.75 Å². The number of urea groups is 1. The molecule has 6 nitrogen and oxygen atoms in total. The van der Waals surface area contributed by atoms with Crippen molar-refractivity contribution in [3.05, 3.63) is 54.1 Å². The van der Waals surface area contributed by atoms with Crippen LogP contribution < -0.4 is 5.32 Å². The van der Waals surface area contributed by atoms with Crippen molar-refractivity contribution in [2.75, 3.05) is 19.3 Å². The van der Waals surface area contributed by atoms with Crippen LogP contribution in [0.5, 0.6) is 5.75 Å². The molecule has 2 rings (SSSR count). The van der Waals surface area contributed by atoms with Gasteiger partial charge in [0.2, 0.25) is 0 Å². The number of hydrogen-bond donors (Lipinski definition) is 2. The average Bonchev–Trinajstić information content (AvgIpc) is 2.59. The molecule has 0 saturated carbocycles. The highest BCUT2D eigenvalue weighted by atomic mass is 32.2. The molecule has 7 heteroatoms. The molecule has 2 aromatic carbocycles. The lowest BCUT2D eigenvalue weighted by Crippen LogP contribution is -2.35. The first-order valence-electron chi connectivity index (χ1n) is 7.46. The van der Waals surface area contributed by atoms with E-state index in [-0.39, 0.29) is 11.8 Å². The van der Waals surface area contributed by atoms with Crippen LogP contribution in [0.25, 0.3) is 0 Å². The van der Waals surface area contributed by atoms with Gasteiger partial charge in [-0.3, -0.25) is 0 Å². The standard InChI is InChI=1S/C17H20N4O2S/c1-13-3-5-14(6-4-13)19-20-21(2)17(23)18-11-12-24-16-9-7-15(22)8-10-16/h3-10,22H,11-12H2,1-2H3,(H,18,23). The average molecular weight is 344 g/mol. The zero-order valence-electron chi connectivity index (χ0n) is 13.6. The third kappa shape index (κ3) is 5.92. The Balaban J connectivity index is 1.71. The summed E-state index contributed by atoms with van der Waals surface area (Å²) in [6.45, 7) is 2.51. The molecule has 2 amide bonds. The first kappa shape index (κ1) is 17.8. The third-order valence-electron chi connectivity index (χ3n) is 3.11. The molecule has 0 aliphatic carbocycles. The van der Waals surface area contributed by atoms with E-state index in [4.69, 9.17) is 0 Å². The predicted molar refractivity (Wildman–Crippen MR) is 95.7 cm³/mol. The summed E-state index contributed by atoms with van der Waals surface area (Å²) in [5.74, 6) is 0.965. The number of carbonyl (C=O) groups excluding carboxylic acids is 1. The number of thioether (sulfide) groups is 1. The quantitative estimate of drug-likeness (QED) is 0.358. The molecule has 0 radical (unpaired) electrons. The first-order valence-corrected chi connectivity index (χ1v) is 8.45. The molecule has 0 atom stereocenters. The minimum atomic E-state index is -0.308. The number of phenolic OH excluding ortho intramolecular Hbond substituents is 1. The van der Waals surface area contributed by atoms with Crippen molar-refractivity contribution in [1.29, 1.82) is 0 Å². The van der Waals surface area contributed by atoms with Gasteiger partial charge in [0.1, 0.15) is 5.75 Å². The fraction of sp³-hybridized carbons (Fsp3) is 0.235. The smallest absolute Gasteiger partial charge is 0.338 e. The van der Waals surface area contributed by atoms with Crippen LogP contribution >= 0.6 is 11.8 Å². The van der Waals surface area contributed by atoms with Gasteiger partial charge >= 0.3 is 6.03 Å². The van der Waals surface area contributed by atoms with Gasteiger partial charge in [0.05, 0.1) is 5.69 Å². The lowest BCUT2D eigenvalue weighted by Gasteiger charge is -2.11. The Morgan fingerprint density at radius 1 is 1.17 bits per heavy atom. The first-order chi connectivity index (χ1) is 11.5. The minimum absolute atomic E-state index is 0.244. The zero-order chi connectivity index (χ0) is 17.4. The lowest BCUT2D eigenvalue weighted by molar-refractivity contribution is 0.208. The summed E-state index contributed by atoms with van der Waals surface area (Å²) < 4.78 is 0. The second-order valence-corrected chi connectivity index (χ2v) is 6.29. The van der Waals surface area contributed by atoms with E-state index in [0.29, 0.717) is 12.2 Å². The van der Waals surface area contributed by atoms with Crippen LogP contribution in [0.15, 0.2) is 63.8 Å². The van der Waals surface area contributed by atoms with Crippen molar-refractivity contribution < 1.29 is 9.90 Å². The molecular weight excluding hydrogens is 324 g/mol. The van der Waals surface area contributed by atoms with E-state index < -0.39 is 0 Å². The summed E-state index contributed by atoms with van der Waals surface area (Å²) in [5, 5.41) is 21.1. The number of amides is 2. The van der Waals surface area contributed by atoms with Crippen molar-refractivity contribution in [2.45, 2.75) is 11.8 Å². The molecule has 0 aromatic heterocycles. The molecule has 24 heavy (non-hydrogen) atoms. The van der Waals surface area contributed by atoms with Crippen molar-refractivity contribution in [1.82, 2.24) is 10.3 Å². The molecular formula is C17H20N4O2S. The maximum atomic E-state index is 11.9. The molecule has 2 aromatic rings. The fourth-order valence-electron chi connectivity index (χ4n) is 1.75. The van der Waals surface area contributed by atoms with Gasteiger partial charge in [-0.1, -0.05) is 22.9 Å². The normalized spacial score (nSPS) is 10.8. The molecule has 0 aliphatic heterocycles. The summed E-state index contributed by atoms with van der Waals surface area (Å²) in [4.78, 5) is 12.9. The fourth-order valence-corrected chi connectivity index (χ4v) is 2.52. The Morgan fingerprint density at radius 2 is 1.83 bits per heavy atom. The summed E-state index contributed by atoms with van der Waals surface area (Å²) in [6, 6.07) is 14.2. The second kappa shape index (κ2) is 8.93. The number of benzene rings is 2. The largest absolute Gasteiger partial charge is 0.508 e. The van der Waals surface area contributed by atoms with E-state index in [1.165, 1.54) is 5.01 Å². The molecule has 0 aliphatic rings. The maximum absolute atomic E-state index is 11.9. The van der Waals surface area contributed by atoms with Gasteiger partial charge in [0.15, 0.2) is 0 Å². The van der Waals surface area contributed by atoms with Gasteiger partial charge in [0, 0.05) is 24.2 Å². The van der Waals surface area contributed by atoms with Crippen LogP contribution in [-0.4, -0.2) is 35.5 Å². The van der Waals surface area contributed by atoms with Crippen molar-refractivity contribution >= 4 is 23.5 Å². The summed E-state index contributed by atoms with van der Waals surface area (Å²) in [7, 11) is 1.56. The van der Waals surface area contributed by atoms with Crippen molar-refractivity contribution in [2.24, 2.45) is 10.3 Å². The van der Waals surface area contributed by atoms with E-state index in [1.807, 2.05) is 43.3 Å². The molecule has 126 valence electrons. The predicted octanol–water partition coefficient (Wildman–Crippen LogP) is 4.13. The summed E-state index contributed by atoms with van der Waals surface area (Å²) >= 11 is 1.60. The van der Waals surface area contributed by atoms with E-state index in [2.05, 4.69) is 15.7 Å². The van der Waals surface area contributed by atoms with Crippen LogP contribution in [-0.2, 0) is 0 Å². The zero-order valence-corrected chi connectivity index (χ0v) is 14.5. The van der Waals surface area contributed by atoms with Gasteiger partial charge in [-0.25, -0.2) is 4.79 Å². The number of aromatic hydroxyl groups is 1. The number of aryl methyl sites for hydroxylation is 1. The van der Waals surface area contributed by atoms with E-state index in [9.17, 15) is 9.90 Å². The monoisotopic (exact) mass is 344 g/mol. The van der Waals surface area contributed by atoms with Gasteiger partial charge in [-0.05, 0) is 43.3 Å². The molecule has 0 saturated heterocycles. The maximum Gasteiger partial charge on any atom is 0.338 e. The Kier molecular flexibility index (Phi) is 6.62. The summed E-state index contributed by atoms with van der Waals surface area (Å²) in [6.07, 6.45) is 0. The number of phenols is 1. The highest BCUT2D eigenvalue weighted by molar-refractivity contribution is 7.99. The van der Waals surface area contributed by atoms with Gasteiger partial charge < -0.3 is 10.4 Å². The highest BCUT2D eigenvalue weighted by Gasteiger charge is 2.06. The number of hydrogen-bond acceptors (Lipinski definition) is 5. The highest BCUT2D eigenvalue weighted by Crippen LogP contribution is 2.20. The SMILES string of the molecule is Cc1ccc(N=NN(C)C(=O)NCCSc2ccc(O)cc2)cc1. The van der Waals surface area contributed by atoms with E-state index in [1.54, 1.807) is 30.9 Å². The summed E-state index contributed by atoms with van der Waals surface area (Å²) in [5.41, 5.74) is 1.84. The van der Waals surface area contributed by atoms with Crippen LogP contribution in [0.4, 0.5) is 10.5 Å². The van der Waals surface area contributed by atoms with Crippen LogP contribution in [0.2, 0.25) is 0 Å². The van der Waals surface area contributed by atoms with Crippen LogP contribution in [0.1, 0.15) is 5.56 Å². The Bertz CT molecular complexity index is 687. The Hall–Kier alpha value is -2.54. The van der Waals surface area contributed by atoms with Gasteiger partial charge in [-0.2, -0.15) is 5.01 Å². The molecule has 0 unspecified atom stereocenters. The number of nitrogens with zero attached hydrogens (tertiary/aromatic N) is 3. The lowest BCUT2D eigenvalue weighted by atomic mass is 10.2. The van der Waals surface area contributed by atoms with Crippen LogP contribution in [0, 0.1) is 6.92 Å². The van der Waals surface area contributed by atoms with Crippen LogP contribution in [0.3, 0.4) is 0 Å². The third-order valence-corrected chi connectivity index (χ3v) is 4.12.